The second kappa shape index (κ2) is 6.33. The van der Waals surface area contributed by atoms with E-state index < -0.39 is 11.6 Å². The zero-order valence-corrected chi connectivity index (χ0v) is 11.8. The Hall–Kier alpha value is -1.45. The molecule has 2 aromatic rings. The molecule has 2 aromatic carbocycles. The maximum Gasteiger partial charge on any atom is 0.166 e. The van der Waals surface area contributed by atoms with Gasteiger partial charge in [-0.1, -0.05) is 29.3 Å². The van der Waals surface area contributed by atoms with Crippen molar-refractivity contribution in [1.82, 2.24) is 0 Å². The lowest BCUT2D eigenvalue weighted by atomic mass is 10.0. The molecule has 0 heterocycles. The van der Waals surface area contributed by atoms with Gasteiger partial charge in [0.05, 0.1) is 15.6 Å². The molecule has 0 amide bonds. The van der Waals surface area contributed by atoms with Crippen LogP contribution >= 0.6 is 23.2 Å². The summed E-state index contributed by atoms with van der Waals surface area (Å²) in [5.41, 5.74) is 0.659. The summed E-state index contributed by atoms with van der Waals surface area (Å²) < 4.78 is 26.1. The van der Waals surface area contributed by atoms with Gasteiger partial charge in [-0.15, -0.1) is 0 Å². The smallest absolute Gasteiger partial charge is 0.166 e. The Morgan fingerprint density at radius 2 is 1.55 bits per heavy atom. The SMILES string of the molecule is O=C(CCc1cc(F)cc(F)c1)c1c(Cl)cccc1Cl. The average molecular weight is 315 g/mol. The van der Waals surface area contributed by atoms with E-state index in [2.05, 4.69) is 0 Å². The van der Waals surface area contributed by atoms with E-state index in [-0.39, 0.29) is 34.2 Å². The fourth-order valence-electron chi connectivity index (χ4n) is 1.90. The minimum absolute atomic E-state index is 0.0757. The monoisotopic (exact) mass is 314 g/mol. The lowest BCUT2D eigenvalue weighted by Crippen LogP contribution is -2.03. The van der Waals surface area contributed by atoms with Gasteiger partial charge in [0.1, 0.15) is 11.6 Å². The first-order valence-corrected chi connectivity index (χ1v) is 6.65. The van der Waals surface area contributed by atoms with Gasteiger partial charge >= 0.3 is 0 Å². The summed E-state index contributed by atoms with van der Waals surface area (Å²) in [6.07, 6.45) is 0.293. The van der Waals surface area contributed by atoms with Crippen LogP contribution in [0.15, 0.2) is 36.4 Å². The Morgan fingerprint density at radius 3 is 2.10 bits per heavy atom. The molecule has 1 nitrogen and oxygen atoms in total. The number of hydrogen-bond acceptors (Lipinski definition) is 1. The minimum Gasteiger partial charge on any atom is -0.294 e. The van der Waals surface area contributed by atoms with Crippen LogP contribution in [0.5, 0.6) is 0 Å². The summed E-state index contributed by atoms with van der Waals surface area (Å²) in [4.78, 5) is 12.1. The fraction of sp³-hybridized carbons (Fsp3) is 0.133. The predicted molar refractivity (Wildman–Crippen MR) is 75.5 cm³/mol. The second-order valence-corrected chi connectivity index (χ2v) is 5.11. The number of halogens is 4. The zero-order valence-electron chi connectivity index (χ0n) is 10.3. The van der Waals surface area contributed by atoms with Crippen molar-refractivity contribution >= 4 is 29.0 Å². The summed E-state index contributed by atoms with van der Waals surface area (Å²) >= 11 is 11.9. The molecule has 0 radical (unpaired) electrons. The molecule has 0 atom stereocenters. The van der Waals surface area contributed by atoms with Crippen LogP contribution in [0.3, 0.4) is 0 Å². The highest BCUT2D eigenvalue weighted by atomic mass is 35.5. The minimum atomic E-state index is -0.664. The molecule has 0 aliphatic carbocycles. The molecule has 0 N–H and O–H groups in total. The van der Waals surface area contributed by atoms with Crippen molar-refractivity contribution in [3.8, 4) is 0 Å². The second-order valence-electron chi connectivity index (χ2n) is 4.30. The van der Waals surface area contributed by atoms with Crippen molar-refractivity contribution in [1.29, 1.82) is 0 Å². The van der Waals surface area contributed by atoms with Crippen LogP contribution in [0.1, 0.15) is 22.3 Å². The van der Waals surface area contributed by atoms with Gasteiger partial charge in [0.25, 0.3) is 0 Å². The van der Waals surface area contributed by atoms with E-state index in [0.29, 0.717) is 5.56 Å². The molecular weight excluding hydrogens is 305 g/mol. The summed E-state index contributed by atoms with van der Waals surface area (Å²) in [7, 11) is 0. The Kier molecular flexibility index (Phi) is 4.73. The molecule has 2 rings (SSSR count). The van der Waals surface area contributed by atoms with Crippen LogP contribution in [-0.2, 0) is 6.42 Å². The lowest BCUT2D eigenvalue weighted by Gasteiger charge is -2.06. The first-order valence-electron chi connectivity index (χ1n) is 5.89. The van der Waals surface area contributed by atoms with Crippen LogP contribution in [0.4, 0.5) is 8.78 Å². The van der Waals surface area contributed by atoms with Gasteiger partial charge in [0.15, 0.2) is 5.78 Å². The summed E-state index contributed by atoms with van der Waals surface area (Å²) in [5, 5.41) is 0.542. The summed E-state index contributed by atoms with van der Waals surface area (Å²) in [5.74, 6) is -1.59. The van der Waals surface area contributed by atoms with Crippen LogP contribution in [0, 0.1) is 11.6 Å². The highest BCUT2D eigenvalue weighted by Gasteiger charge is 2.14. The molecule has 0 aliphatic rings. The fourth-order valence-corrected chi connectivity index (χ4v) is 2.51. The van der Waals surface area contributed by atoms with E-state index in [1.807, 2.05) is 0 Å². The van der Waals surface area contributed by atoms with E-state index in [1.54, 1.807) is 18.2 Å². The van der Waals surface area contributed by atoms with Gasteiger partial charge in [-0.3, -0.25) is 4.79 Å². The number of hydrogen-bond donors (Lipinski definition) is 0. The van der Waals surface area contributed by atoms with Crippen molar-refractivity contribution in [2.45, 2.75) is 12.8 Å². The molecule has 5 heteroatoms. The molecule has 0 saturated heterocycles. The van der Waals surface area contributed by atoms with Crippen molar-refractivity contribution in [3.63, 3.8) is 0 Å². The van der Waals surface area contributed by atoms with Gasteiger partial charge in [0.2, 0.25) is 0 Å². The van der Waals surface area contributed by atoms with E-state index in [9.17, 15) is 13.6 Å². The third-order valence-corrected chi connectivity index (χ3v) is 3.43. The number of aryl methyl sites for hydroxylation is 1. The normalized spacial score (nSPS) is 10.6. The number of ketones is 1. The first-order chi connectivity index (χ1) is 9.47. The van der Waals surface area contributed by atoms with Crippen LogP contribution in [0.2, 0.25) is 10.0 Å². The number of carbonyl (C=O) groups is 1. The van der Waals surface area contributed by atoms with Gasteiger partial charge in [-0.05, 0) is 36.2 Å². The Bertz CT molecular complexity index is 616. The maximum atomic E-state index is 13.0. The topological polar surface area (TPSA) is 17.1 Å². The number of carbonyl (C=O) groups excluding carboxylic acids is 1. The number of Topliss-reactive ketones (excluding diaryl/α,β-unsaturated/α-hetero) is 1. The standard InChI is InChI=1S/C15H10Cl2F2O/c16-12-2-1-3-13(17)15(12)14(20)5-4-9-6-10(18)8-11(19)7-9/h1-3,6-8H,4-5H2. The van der Waals surface area contributed by atoms with Crippen molar-refractivity contribution in [2.24, 2.45) is 0 Å². The molecule has 104 valence electrons. The van der Waals surface area contributed by atoms with Crippen LogP contribution < -0.4 is 0 Å². The quantitative estimate of drug-likeness (QED) is 0.719. The number of benzene rings is 2. The van der Waals surface area contributed by atoms with Crippen molar-refractivity contribution in [3.05, 3.63) is 69.2 Å². The Morgan fingerprint density at radius 1 is 1.00 bits per heavy atom. The Balaban J connectivity index is 2.13. The van der Waals surface area contributed by atoms with Crippen molar-refractivity contribution < 1.29 is 13.6 Å². The maximum absolute atomic E-state index is 13.0. The van der Waals surface area contributed by atoms with Crippen LogP contribution in [0.25, 0.3) is 0 Å². The molecule has 0 spiro atoms. The Labute approximate surface area is 125 Å². The van der Waals surface area contributed by atoms with Gasteiger partial charge < -0.3 is 0 Å². The average Bonchev–Trinajstić information content (AvgIpc) is 2.35. The van der Waals surface area contributed by atoms with Gasteiger partial charge in [-0.25, -0.2) is 8.78 Å². The lowest BCUT2D eigenvalue weighted by molar-refractivity contribution is 0.0983. The molecule has 0 aliphatic heterocycles. The van der Waals surface area contributed by atoms with E-state index in [4.69, 9.17) is 23.2 Å². The zero-order chi connectivity index (χ0) is 14.7. The van der Waals surface area contributed by atoms with Gasteiger partial charge in [0, 0.05) is 12.5 Å². The van der Waals surface area contributed by atoms with E-state index >= 15 is 0 Å². The predicted octanol–water partition coefficient (Wildman–Crippen LogP) is 5.09. The highest BCUT2D eigenvalue weighted by Crippen LogP contribution is 2.26. The summed E-state index contributed by atoms with van der Waals surface area (Å²) in [6.45, 7) is 0. The third kappa shape index (κ3) is 3.56. The van der Waals surface area contributed by atoms with Crippen LogP contribution in [-0.4, -0.2) is 5.78 Å². The van der Waals surface area contributed by atoms with Crippen molar-refractivity contribution in [2.75, 3.05) is 0 Å². The summed E-state index contributed by atoms with van der Waals surface area (Å²) in [6, 6.07) is 7.97. The first kappa shape index (κ1) is 14.9. The molecule has 0 fully saturated rings. The molecule has 0 saturated carbocycles. The largest absolute Gasteiger partial charge is 0.294 e. The third-order valence-electron chi connectivity index (χ3n) is 2.80. The molecule has 0 aromatic heterocycles. The number of rotatable bonds is 4. The van der Waals surface area contributed by atoms with Gasteiger partial charge in [-0.2, -0.15) is 0 Å². The molecule has 0 bridgehead atoms. The molecular formula is C15H10Cl2F2O. The highest BCUT2D eigenvalue weighted by molar-refractivity contribution is 6.39. The molecule has 20 heavy (non-hydrogen) atoms. The molecule has 0 unspecified atom stereocenters. The van der Waals surface area contributed by atoms with E-state index in [0.717, 1.165) is 6.07 Å². The van der Waals surface area contributed by atoms with E-state index in [1.165, 1.54) is 12.1 Å².